The fourth-order valence-corrected chi connectivity index (χ4v) is 4.05. The van der Waals surface area contributed by atoms with E-state index in [1.165, 1.54) is 0 Å². The normalized spacial score (nSPS) is 31.8. The molecule has 1 saturated heterocycles. The molecule has 1 aliphatic carbocycles. The highest BCUT2D eigenvalue weighted by Gasteiger charge is 2.48. The van der Waals surface area contributed by atoms with Crippen LogP contribution < -0.4 is 5.14 Å². The Hall–Kier alpha value is -0.130. The van der Waals surface area contributed by atoms with E-state index in [-0.39, 0.29) is 17.3 Å². The van der Waals surface area contributed by atoms with Crippen molar-refractivity contribution in [1.82, 2.24) is 0 Å². The highest BCUT2D eigenvalue weighted by Crippen LogP contribution is 2.52. The number of primary sulfonamides is 1. The first-order valence-electron chi connectivity index (χ1n) is 6.35. The van der Waals surface area contributed by atoms with Crippen LogP contribution in [-0.4, -0.2) is 26.9 Å². The van der Waals surface area contributed by atoms with Crippen molar-refractivity contribution < 1.29 is 13.2 Å². The van der Waals surface area contributed by atoms with Crippen LogP contribution in [0.1, 0.15) is 46.0 Å². The first-order valence-corrected chi connectivity index (χ1v) is 8.06. The van der Waals surface area contributed by atoms with Gasteiger partial charge >= 0.3 is 0 Å². The number of hydrogen-bond acceptors (Lipinski definition) is 3. The molecule has 17 heavy (non-hydrogen) atoms. The van der Waals surface area contributed by atoms with Gasteiger partial charge in [0.15, 0.2) is 0 Å². The van der Waals surface area contributed by atoms with E-state index in [1.807, 2.05) is 0 Å². The van der Waals surface area contributed by atoms with Gasteiger partial charge in [-0.1, -0.05) is 13.8 Å². The highest BCUT2D eigenvalue weighted by molar-refractivity contribution is 7.89. The van der Waals surface area contributed by atoms with Gasteiger partial charge in [-0.15, -0.1) is 0 Å². The van der Waals surface area contributed by atoms with E-state index in [0.29, 0.717) is 12.0 Å². The Kier molecular flexibility index (Phi) is 3.30. The van der Waals surface area contributed by atoms with Crippen LogP contribution in [0.4, 0.5) is 0 Å². The first-order chi connectivity index (χ1) is 7.73. The second-order valence-electron chi connectivity index (χ2n) is 6.47. The number of rotatable bonds is 2. The standard InChI is InChI=1S/C12H23NO3S/c1-11(2)3-5-12(6-4-11)7-8-16-10(12)9-17(13,14)15/h10H,3-9H2,1-2H3,(H2,13,14,15). The second kappa shape index (κ2) is 4.21. The predicted molar refractivity (Wildman–Crippen MR) is 67.0 cm³/mol. The Morgan fingerprint density at radius 1 is 1.18 bits per heavy atom. The summed E-state index contributed by atoms with van der Waals surface area (Å²) in [6.07, 6.45) is 5.24. The van der Waals surface area contributed by atoms with Crippen LogP contribution in [0.25, 0.3) is 0 Å². The minimum Gasteiger partial charge on any atom is -0.377 e. The van der Waals surface area contributed by atoms with Gasteiger partial charge in [-0.05, 0) is 42.9 Å². The fraction of sp³-hybridized carbons (Fsp3) is 1.00. The maximum Gasteiger partial charge on any atom is 0.211 e. The Labute approximate surface area is 104 Å². The van der Waals surface area contributed by atoms with E-state index < -0.39 is 10.0 Å². The molecular weight excluding hydrogens is 238 g/mol. The Morgan fingerprint density at radius 2 is 1.76 bits per heavy atom. The Bertz CT molecular complexity index is 379. The van der Waals surface area contributed by atoms with Gasteiger partial charge in [0.2, 0.25) is 10.0 Å². The van der Waals surface area contributed by atoms with Gasteiger partial charge in [0.1, 0.15) is 0 Å². The number of ether oxygens (including phenoxy) is 1. The summed E-state index contributed by atoms with van der Waals surface area (Å²) in [5.74, 6) is -0.0204. The van der Waals surface area contributed by atoms with Crippen molar-refractivity contribution in [3.8, 4) is 0 Å². The molecule has 1 saturated carbocycles. The van der Waals surface area contributed by atoms with Crippen molar-refractivity contribution in [2.45, 2.75) is 52.1 Å². The average Bonchev–Trinajstić information content (AvgIpc) is 2.53. The third-order valence-electron chi connectivity index (χ3n) is 4.59. The molecule has 2 rings (SSSR count). The van der Waals surface area contributed by atoms with E-state index in [0.717, 1.165) is 32.1 Å². The van der Waals surface area contributed by atoms with Gasteiger partial charge in [-0.25, -0.2) is 13.6 Å². The summed E-state index contributed by atoms with van der Waals surface area (Å²) in [6, 6.07) is 0. The predicted octanol–water partition coefficient (Wildman–Crippen LogP) is 1.65. The fourth-order valence-electron chi connectivity index (χ4n) is 3.17. The topological polar surface area (TPSA) is 69.4 Å². The summed E-state index contributed by atoms with van der Waals surface area (Å²) in [6.45, 7) is 5.25. The minimum atomic E-state index is -3.44. The van der Waals surface area contributed by atoms with Crippen molar-refractivity contribution in [3.63, 3.8) is 0 Å². The van der Waals surface area contributed by atoms with Crippen molar-refractivity contribution in [2.75, 3.05) is 12.4 Å². The molecule has 1 atom stereocenters. The molecule has 0 radical (unpaired) electrons. The molecule has 1 heterocycles. The lowest BCUT2D eigenvalue weighted by Gasteiger charge is -2.43. The van der Waals surface area contributed by atoms with E-state index >= 15 is 0 Å². The van der Waals surface area contributed by atoms with Crippen LogP contribution in [0.5, 0.6) is 0 Å². The summed E-state index contributed by atoms with van der Waals surface area (Å²) in [5, 5.41) is 5.15. The van der Waals surface area contributed by atoms with E-state index in [9.17, 15) is 8.42 Å². The molecule has 0 aromatic carbocycles. The molecule has 0 aromatic rings. The zero-order chi connectivity index (χ0) is 12.7. The lowest BCUT2D eigenvalue weighted by molar-refractivity contribution is 0.0194. The molecule has 2 fully saturated rings. The maximum atomic E-state index is 11.2. The lowest BCUT2D eigenvalue weighted by Crippen LogP contribution is -2.42. The van der Waals surface area contributed by atoms with E-state index in [4.69, 9.17) is 9.88 Å². The molecule has 100 valence electrons. The van der Waals surface area contributed by atoms with Crippen LogP contribution >= 0.6 is 0 Å². The average molecular weight is 261 g/mol. The largest absolute Gasteiger partial charge is 0.377 e. The summed E-state index contributed by atoms with van der Waals surface area (Å²) >= 11 is 0. The smallest absolute Gasteiger partial charge is 0.211 e. The van der Waals surface area contributed by atoms with Gasteiger partial charge in [0.05, 0.1) is 11.9 Å². The number of nitrogens with two attached hydrogens (primary N) is 1. The SMILES string of the molecule is CC1(C)CCC2(CCOC2CS(N)(=O)=O)CC1. The molecular formula is C12H23NO3S. The van der Waals surface area contributed by atoms with Gasteiger partial charge < -0.3 is 4.74 Å². The molecule has 4 nitrogen and oxygen atoms in total. The van der Waals surface area contributed by atoms with Crippen molar-refractivity contribution >= 4 is 10.0 Å². The van der Waals surface area contributed by atoms with E-state index in [1.54, 1.807) is 0 Å². The van der Waals surface area contributed by atoms with Crippen molar-refractivity contribution in [1.29, 1.82) is 0 Å². The van der Waals surface area contributed by atoms with Crippen molar-refractivity contribution in [3.05, 3.63) is 0 Å². The van der Waals surface area contributed by atoms with Crippen LogP contribution in [0, 0.1) is 10.8 Å². The summed E-state index contributed by atoms with van der Waals surface area (Å²) in [4.78, 5) is 0. The molecule has 5 heteroatoms. The minimum absolute atomic E-state index is 0.0204. The third-order valence-corrected chi connectivity index (χ3v) is 5.35. The monoisotopic (exact) mass is 261 g/mol. The van der Waals surface area contributed by atoms with Crippen LogP contribution in [0.15, 0.2) is 0 Å². The van der Waals surface area contributed by atoms with Gasteiger partial charge in [0.25, 0.3) is 0 Å². The Balaban J connectivity index is 2.09. The third kappa shape index (κ3) is 3.01. The molecule has 1 spiro atoms. The molecule has 1 unspecified atom stereocenters. The maximum absolute atomic E-state index is 11.2. The van der Waals surface area contributed by atoms with Crippen LogP contribution in [-0.2, 0) is 14.8 Å². The molecule has 2 aliphatic rings. The van der Waals surface area contributed by atoms with Crippen LogP contribution in [0.3, 0.4) is 0 Å². The number of hydrogen-bond donors (Lipinski definition) is 1. The summed E-state index contributed by atoms with van der Waals surface area (Å²) in [7, 11) is -3.44. The zero-order valence-electron chi connectivity index (χ0n) is 10.7. The Morgan fingerprint density at radius 3 is 2.29 bits per heavy atom. The van der Waals surface area contributed by atoms with Gasteiger partial charge in [-0.2, -0.15) is 0 Å². The molecule has 0 aromatic heterocycles. The second-order valence-corrected chi connectivity index (χ2v) is 8.12. The first kappa shape index (κ1) is 13.3. The molecule has 2 N–H and O–H groups in total. The van der Waals surface area contributed by atoms with Gasteiger partial charge in [0, 0.05) is 6.61 Å². The highest BCUT2D eigenvalue weighted by atomic mass is 32.2. The van der Waals surface area contributed by atoms with Gasteiger partial charge in [-0.3, -0.25) is 0 Å². The molecule has 1 aliphatic heterocycles. The summed E-state index contributed by atoms with van der Waals surface area (Å²) < 4.78 is 28.1. The zero-order valence-corrected chi connectivity index (χ0v) is 11.6. The van der Waals surface area contributed by atoms with E-state index in [2.05, 4.69) is 13.8 Å². The van der Waals surface area contributed by atoms with Crippen molar-refractivity contribution in [2.24, 2.45) is 16.0 Å². The quantitative estimate of drug-likeness (QED) is 0.821. The number of sulfonamides is 1. The molecule has 0 amide bonds. The summed E-state index contributed by atoms with van der Waals surface area (Å²) in [5.41, 5.74) is 0.460. The van der Waals surface area contributed by atoms with Crippen LogP contribution in [0.2, 0.25) is 0 Å². The molecule has 0 bridgehead atoms. The lowest BCUT2D eigenvalue weighted by atomic mass is 9.62.